The lowest BCUT2D eigenvalue weighted by atomic mass is 9.98. The highest BCUT2D eigenvalue weighted by molar-refractivity contribution is 5.61. The van der Waals surface area contributed by atoms with Crippen LogP contribution in [0.25, 0.3) is 11.4 Å². The van der Waals surface area contributed by atoms with Crippen molar-refractivity contribution in [2.45, 2.75) is 27.3 Å². The SMILES string of the molecule is CC(C)C(C)Cn1nnnc1-c1cc(N)ccc1F. The number of hydrogen-bond donors (Lipinski definition) is 1. The van der Waals surface area contributed by atoms with Crippen molar-refractivity contribution in [1.82, 2.24) is 20.2 Å². The van der Waals surface area contributed by atoms with Gasteiger partial charge in [0.2, 0.25) is 0 Å². The van der Waals surface area contributed by atoms with E-state index >= 15 is 0 Å². The number of rotatable bonds is 4. The van der Waals surface area contributed by atoms with Crippen molar-refractivity contribution in [2.75, 3.05) is 5.73 Å². The molecule has 2 aromatic rings. The Labute approximate surface area is 111 Å². The first-order valence-corrected chi connectivity index (χ1v) is 6.30. The molecular formula is C13H18FN5. The van der Waals surface area contributed by atoms with Crippen LogP contribution in [-0.2, 0) is 6.54 Å². The summed E-state index contributed by atoms with van der Waals surface area (Å²) in [5.41, 5.74) is 6.51. The van der Waals surface area contributed by atoms with Crippen LogP contribution in [0, 0.1) is 17.7 Å². The Bertz CT molecular complexity index is 564. The molecule has 0 aliphatic heterocycles. The maximum atomic E-state index is 13.8. The molecule has 5 nitrogen and oxygen atoms in total. The third kappa shape index (κ3) is 2.89. The summed E-state index contributed by atoms with van der Waals surface area (Å²) < 4.78 is 15.5. The molecule has 1 aromatic heterocycles. The summed E-state index contributed by atoms with van der Waals surface area (Å²) in [7, 11) is 0. The lowest BCUT2D eigenvalue weighted by Gasteiger charge is -2.15. The van der Waals surface area contributed by atoms with E-state index in [0.717, 1.165) is 0 Å². The average Bonchev–Trinajstić information content (AvgIpc) is 2.80. The summed E-state index contributed by atoms with van der Waals surface area (Å²) in [4.78, 5) is 0. The van der Waals surface area contributed by atoms with Crippen molar-refractivity contribution < 1.29 is 4.39 Å². The minimum absolute atomic E-state index is 0.334. The number of benzene rings is 1. The molecule has 0 spiro atoms. The summed E-state index contributed by atoms with van der Waals surface area (Å²) in [6, 6.07) is 4.40. The van der Waals surface area contributed by atoms with E-state index in [1.165, 1.54) is 12.1 Å². The van der Waals surface area contributed by atoms with Crippen molar-refractivity contribution in [3.05, 3.63) is 24.0 Å². The molecule has 1 aromatic carbocycles. The van der Waals surface area contributed by atoms with E-state index in [4.69, 9.17) is 5.73 Å². The van der Waals surface area contributed by atoms with Gasteiger partial charge < -0.3 is 5.73 Å². The Morgan fingerprint density at radius 2 is 2.05 bits per heavy atom. The molecule has 1 unspecified atom stereocenters. The summed E-state index contributed by atoms with van der Waals surface area (Å²) >= 11 is 0. The Hall–Kier alpha value is -1.98. The summed E-state index contributed by atoms with van der Waals surface area (Å²) in [6.45, 7) is 7.03. The molecule has 0 fully saturated rings. The Kier molecular flexibility index (Phi) is 3.78. The van der Waals surface area contributed by atoms with Crippen LogP contribution in [0.3, 0.4) is 0 Å². The van der Waals surface area contributed by atoms with Gasteiger partial charge in [0.1, 0.15) is 5.82 Å². The lowest BCUT2D eigenvalue weighted by Crippen LogP contribution is -2.15. The second kappa shape index (κ2) is 5.34. The van der Waals surface area contributed by atoms with Crippen LogP contribution in [0.15, 0.2) is 18.2 Å². The minimum Gasteiger partial charge on any atom is -0.399 e. The smallest absolute Gasteiger partial charge is 0.185 e. The molecule has 0 bridgehead atoms. The predicted molar refractivity (Wildman–Crippen MR) is 71.6 cm³/mol. The van der Waals surface area contributed by atoms with Gasteiger partial charge in [-0.1, -0.05) is 20.8 Å². The zero-order chi connectivity index (χ0) is 14.0. The predicted octanol–water partition coefficient (Wildman–Crippen LogP) is 2.35. The quantitative estimate of drug-likeness (QED) is 0.860. The lowest BCUT2D eigenvalue weighted by molar-refractivity contribution is 0.347. The Morgan fingerprint density at radius 1 is 1.32 bits per heavy atom. The zero-order valence-electron chi connectivity index (χ0n) is 11.3. The van der Waals surface area contributed by atoms with Gasteiger partial charge in [0.05, 0.1) is 5.56 Å². The number of hydrogen-bond acceptors (Lipinski definition) is 4. The molecule has 0 radical (unpaired) electrons. The average molecular weight is 263 g/mol. The fraction of sp³-hybridized carbons (Fsp3) is 0.462. The summed E-state index contributed by atoms with van der Waals surface area (Å²) in [5.74, 6) is 0.939. The van der Waals surface area contributed by atoms with Crippen LogP contribution in [-0.4, -0.2) is 20.2 Å². The van der Waals surface area contributed by atoms with Gasteiger partial charge in [0, 0.05) is 12.2 Å². The largest absolute Gasteiger partial charge is 0.399 e. The first-order valence-electron chi connectivity index (χ1n) is 6.30. The van der Waals surface area contributed by atoms with E-state index in [-0.39, 0.29) is 5.82 Å². The molecule has 2 N–H and O–H groups in total. The number of halogens is 1. The van der Waals surface area contributed by atoms with Crippen LogP contribution < -0.4 is 5.73 Å². The summed E-state index contributed by atoms with van der Waals surface area (Å²) in [5, 5.41) is 11.5. The van der Waals surface area contributed by atoms with Crippen molar-refractivity contribution >= 4 is 5.69 Å². The maximum Gasteiger partial charge on any atom is 0.185 e. The van der Waals surface area contributed by atoms with Crippen molar-refractivity contribution in [3.63, 3.8) is 0 Å². The second-order valence-electron chi connectivity index (χ2n) is 5.15. The first-order chi connectivity index (χ1) is 8.99. The number of nitrogens with two attached hydrogens (primary N) is 1. The van der Waals surface area contributed by atoms with Crippen molar-refractivity contribution in [3.8, 4) is 11.4 Å². The van der Waals surface area contributed by atoms with Gasteiger partial charge in [-0.05, 0) is 40.5 Å². The number of aromatic nitrogens is 4. The van der Waals surface area contributed by atoms with Crippen molar-refractivity contribution in [1.29, 1.82) is 0 Å². The highest BCUT2D eigenvalue weighted by Crippen LogP contribution is 2.23. The normalized spacial score (nSPS) is 12.9. The molecule has 1 heterocycles. The van der Waals surface area contributed by atoms with Crippen LogP contribution in [0.4, 0.5) is 10.1 Å². The third-order valence-electron chi connectivity index (χ3n) is 3.36. The fourth-order valence-corrected chi connectivity index (χ4v) is 1.72. The minimum atomic E-state index is -0.373. The molecule has 19 heavy (non-hydrogen) atoms. The van der Waals surface area contributed by atoms with Crippen molar-refractivity contribution in [2.24, 2.45) is 11.8 Å². The molecule has 1 atom stereocenters. The van der Waals surface area contributed by atoms with Crippen LogP contribution in [0.5, 0.6) is 0 Å². The molecule has 6 heteroatoms. The van der Waals surface area contributed by atoms with Gasteiger partial charge in [-0.15, -0.1) is 5.10 Å². The molecule has 0 amide bonds. The molecular weight excluding hydrogens is 245 g/mol. The van der Waals surface area contributed by atoms with Gasteiger partial charge in [-0.3, -0.25) is 0 Å². The number of tetrazole rings is 1. The van der Waals surface area contributed by atoms with Gasteiger partial charge >= 0.3 is 0 Å². The second-order valence-corrected chi connectivity index (χ2v) is 5.15. The Morgan fingerprint density at radius 3 is 2.74 bits per heavy atom. The Balaban J connectivity index is 2.36. The highest BCUT2D eigenvalue weighted by Gasteiger charge is 2.17. The molecule has 0 saturated carbocycles. The number of anilines is 1. The number of nitrogen functional groups attached to an aromatic ring is 1. The van der Waals surface area contributed by atoms with E-state index in [0.29, 0.717) is 35.5 Å². The van der Waals surface area contributed by atoms with E-state index in [9.17, 15) is 4.39 Å². The number of nitrogens with zero attached hydrogens (tertiary/aromatic N) is 4. The maximum absolute atomic E-state index is 13.8. The third-order valence-corrected chi connectivity index (χ3v) is 3.36. The van der Waals surface area contributed by atoms with Crippen LogP contribution >= 0.6 is 0 Å². The van der Waals surface area contributed by atoms with Gasteiger partial charge in [0.25, 0.3) is 0 Å². The van der Waals surface area contributed by atoms with Gasteiger partial charge in [0.15, 0.2) is 5.82 Å². The highest BCUT2D eigenvalue weighted by atomic mass is 19.1. The monoisotopic (exact) mass is 263 g/mol. The van der Waals surface area contributed by atoms with E-state index in [1.54, 1.807) is 10.7 Å². The van der Waals surface area contributed by atoms with Gasteiger partial charge in [-0.25, -0.2) is 9.07 Å². The van der Waals surface area contributed by atoms with Gasteiger partial charge in [-0.2, -0.15) is 0 Å². The molecule has 102 valence electrons. The standard InChI is InChI=1S/C13H18FN5/c1-8(2)9(3)7-19-13(16-17-18-19)11-6-10(15)4-5-12(11)14/h4-6,8-9H,7,15H2,1-3H3. The van der Waals surface area contributed by atoms with Crippen LogP contribution in [0.1, 0.15) is 20.8 Å². The fourth-order valence-electron chi connectivity index (χ4n) is 1.72. The molecule has 0 aliphatic carbocycles. The molecule has 0 saturated heterocycles. The topological polar surface area (TPSA) is 69.6 Å². The summed E-state index contributed by atoms with van der Waals surface area (Å²) in [6.07, 6.45) is 0. The molecule has 0 aliphatic rings. The first kappa shape index (κ1) is 13.5. The van der Waals surface area contributed by atoms with E-state index < -0.39 is 0 Å². The van der Waals surface area contributed by atoms with E-state index in [2.05, 4.69) is 36.3 Å². The zero-order valence-corrected chi connectivity index (χ0v) is 11.3. The van der Waals surface area contributed by atoms with E-state index in [1.807, 2.05) is 0 Å². The molecule has 2 rings (SSSR count). The van der Waals surface area contributed by atoms with Crippen LogP contribution in [0.2, 0.25) is 0 Å².